The van der Waals surface area contributed by atoms with Crippen molar-refractivity contribution < 1.29 is 0 Å². The first kappa shape index (κ1) is 5.43. The Labute approximate surface area is 52.2 Å². The van der Waals surface area contributed by atoms with Gasteiger partial charge in [-0.3, -0.25) is 0 Å². The van der Waals surface area contributed by atoms with E-state index in [2.05, 4.69) is 23.1 Å². The van der Waals surface area contributed by atoms with Crippen LogP contribution in [0, 0.1) is 6.92 Å². The molecule has 0 spiro atoms. The Hall–Kier alpha value is -0.710. The molecule has 0 saturated carbocycles. The van der Waals surface area contributed by atoms with Gasteiger partial charge in [-0.2, -0.15) is 4.09 Å². The third-order valence-electron chi connectivity index (χ3n) is 0.866. The average molecular weight is 130 g/mol. The molecule has 0 aliphatic carbocycles. The van der Waals surface area contributed by atoms with Gasteiger partial charge in [-0.05, 0) is 19.7 Å². The van der Waals surface area contributed by atoms with Gasteiger partial charge in [0.05, 0.1) is 0 Å². The molecule has 0 bridgehead atoms. The number of hydrogen-bond donors (Lipinski definition) is 2. The summed E-state index contributed by atoms with van der Waals surface area (Å²) in [6, 6.07) is 0. The van der Waals surface area contributed by atoms with Crippen LogP contribution in [0.3, 0.4) is 0 Å². The highest BCUT2D eigenvalue weighted by Gasteiger charge is 1.98. The SMILES string of the molecule is Cc1nnn(S)c1N. The monoisotopic (exact) mass is 130 g/mol. The van der Waals surface area contributed by atoms with E-state index >= 15 is 0 Å². The fourth-order valence-electron chi connectivity index (χ4n) is 0.354. The Morgan fingerprint density at radius 1 is 1.75 bits per heavy atom. The van der Waals surface area contributed by atoms with E-state index in [1.165, 1.54) is 4.09 Å². The lowest BCUT2D eigenvalue weighted by Crippen LogP contribution is -1.92. The largest absolute Gasteiger partial charge is 0.382 e. The van der Waals surface area contributed by atoms with Gasteiger partial charge in [-0.25, -0.2) is 0 Å². The average Bonchev–Trinajstić information content (AvgIpc) is 1.98. The number of nitrogen functional groups attached to an aromatic ring is 1. The zero-order valence-corrected chi connectivity index (χ0v) is 5.26. The molecule has 8 heavy (non-hydrogen) atoms. The number of thiol groups is 1. The molecule has 0 saturated heterocycles. The molecule has 1 rings (SSSR count). The summed E-state index contributed by atoms with van der Waals surface area (Å²) in [6.07, 6.45) is 0. The molecule has 0 unspecified atom stereocenters. The second kappa shape index (κ2) is 1.66. The maximum absolute atomic E-state index is 5.36. The van der Waals surface area contributed by atoms with E-state index in [0.29, 0.717) is 11.5 Å². The highest BCUT2D eigenvalue weighted by molar-refractivity contribution is 7.78. The minimum absolute atomic E-state index is 0.494. The van der Waals surface area contributed by atoms with Crippen molar-refractivity contribution >= 4 is 18.6 Å². The van der Waals surface area contributed by atoms with Gasteiger partial charge in [0.25, 0.3) is 0 Å². The molecule has 2 N–H and O–H groups in total. The zero-order chi connectivity index (χ0) is 6.15. The highest BCUT2D eigenvalue weighted by Crippen LogP contribution is 2.04. The second-order valence-corrected chi connectivity index (χ2v) is 1.83. The second-order valence-electron chi connectivity index (χ2n) is 1.45. The maximum Gasteiger partial charge on any atom is 0.157 e. The quantitative estimate of drug-likeness (QED) is 0.481. The molecule has 0 aliphatic rings. The topological polar surface area (TPSA) is 56.7 Å². The predicted molar refractivity (Wildman–Crippen MR) is 33.6 cm³/mol. The summed E-state index contributed by atoms with van der Waals surface area (Å²) in [5.41, 5.74) is 6.07. The Kier molecular flexibility index (Phi) is 1.13. The fraction of sp³-hybridized carbons (Fsp3) is 0.333. The first-order chi connectivity index (χ1) is 3.72. The number of aryl methyl sites for hydroxylation is 1. The van der Waals surface area contributed by atoms with Crippen LogP contribution in [0.2, 0.25) is 0 Å². The van der Waals surface area contributed by atoms with Gasteiger partial charge in [0, 0.05) is 0 Å². The van der Waals surface area contributed by atoms with E-state index in [1.807, 2.05) is 0 Å². The van der Waals surface area contributed by atoms with Crippen LogP contribution >= 0.6 is 12.8 Å². The number of aromatic nitrogens is 3. The van der Waals surface area contributed by atoms with E-state index in [4.69, 9.17) is 5.73 Å². The van der Waals surface area contributed by atoms with Gasteiger partial charge >= 0.3 is 0 Å². The van der Waals surface area contributed by atoms with E-state index < -0.39 is 0 Å². The Bertz CT molecular complexity index is 174. The lowest BCUT2D eigenvalue weighted by molar-refractivity contribution is 0.892. The van der Waals surface area contributed by atoms with Crippen molar-refractivity contribution in [3.05, 3.63) is 5.69 Å². The lowest BCUT2D eigenvalue weighted by atomic mass is 10.5. The summed E-state index contributed by atoms with van der Waals surface area (Å²) in [5, 5.41) is 7.15. The molecule has 5 heteroatoms. The van der Waals surface area contributed by atoms with Gasteiger partial charge in [-0.15, -0.1) is 5.10 Å². The van der Waals surface area contributed by atoms with Crippen LogP contribution in [-0.2, 0) is 0 Å². The molecule has 0 amide bonds. The first-order valence-electron chi connectivity index (χ1n) is 2.09. The molecule has 4 nitrogen and oxygen atoms in total. The summed E-state index contributed by atoms with van der Waals surface area (Å²) < 4.78 is 1.23. The van der Waals surface area contributed by atoms with Crippen molar-refractivity contribution in [3.8, 4) is 0 Å². The smallest absolute Gasteiger partial charge is 0.157 e. The van der Waals surface area contributed by atoms with Crippen molar-refractivity contribution in [3.63, 3.8) is 0 Å². The molecule has 1 heterocycles. The normalized spacial score (nSPS) is 9.75. The van der Waals surface area contributed by atoms with Gasteiger partial charge in [0.2, 0.25) is 0 Å². The van der Waals surface area contributed by atoms with Crippen LogP contribution in [0.5, 0.6) is 0 Å². The molecule has 1 aromatic rings. The molecule has 0 aromatic carbocycles. The molecule has 0 atom stereocenters. The maximum atomic E-state index is 5.36. The van der Waals surface area contributed by atoms with Gasteiger partial charge in [0.1, 0.15) is 5.69 Å². The Morgan fingerprint density at radius 3 is 2.50 bits per heavy atom. The standard InChI is InChI=1S/C3H6N4S/c1-2-3(4)7(8)6-5-2/h8H,4H2,1H3. The zero-order valence-electron chi connectivity index (χ0n) is 4.37. The van der Waals surface area contributed by atoms with E-state index in [-0.39, 0.29) is 0 Å². The van der Waals surface area contributed by atoms with Crippen LogP contribution < -0.4 is 5.73 Å². The van der Waals surface area contributed by atoms with E-state index in [0.717, 1.165) is 0 Å². The molecule has 44 valence electrons. The number of nitrogens with two attached hydrogens (primary N) is 1. The Morgan fingerprint density at radius 2 is 2.38 bits per heavy atom. The lowest BCUT2D eigenvalue weighted by Gasteiger charge is -1.86. The van der Waals surface area contributed by atoms with Gasteiger partial charge in [0.15, 0.2) is 5.82 Å². The number of hydrogen-bond acceptors (Lipinski definition) is 4. The molecule has 0 fully saturated rings. The molecule has 0 aliphatic heterocycles. The fourth-order valence-corrected chi connectivity index (χ4v) is 0.538. The van der Waals surface area contributed by atoms with Crippen molar-refractivity contribution in [2.75, 3.05) is 5.73 Å². The van der Waals surface area contributed by atoms with E-state index in [1.54, 1.807) is 6.92 Å². The van der Waals surface area contributed by atoms with Crippen LogP contribution in [0.1, 0.15) is 5.69 Å². The van der Waals surface area contributed by atoms with Crippen LogP contribution in [0.15, 0.2) is 0 Å². The van der Waals surface area contributed by atoms with Gasteiger partial charge < -0.3 is 5.73 Å². The minimum Gasteiger partial charge on any atom is -0.382 e. The Balaban J connectivity index is 3.19. The molecular formula is C3H6N4S. The van der Waals surface area contributed by atoms with Gasteiger partial charge in [-0.1, -0.05) is 5.21 Å². The van der Waals surface area contributed by atoms with Crippen molar-refractivity contribution in [2.45, 2.75) is 6.92 Å². The molecule has 0 radical (unpaired) electrons. The summed E-state index contributed by atoms with van der Waals surface area (Å²) in [4.78, 5) is 0. The minimum atomic E-state index is 0.494. The predicted octanol–water partition coefficient (Wildman–Crippen LogP) is -0.138. The summed E-state index contributed by atoms with van der Waals surface area (Å²) in [6.45, 7) is 1.77. The summed E-state index contributed by atoms with van der Waals surface area (Å²) >= 11 is 3.84. The van der Waals surface area contributed by atoms with E-state index in [9.17, 15) is 0 Å². The number of rotatable bonds is 0. The van der Waals surface area contributed by atoms with Crippen LogP contribution in [0.25, 0.3) is 0 Å². The molecular weight excluding hydrogens is 124 g/mol. The third kappa shape index (κ3) is 0.645. The number of nitrogens with zero attached hydrogens (tertiary/aromatic N) is 3. The highest BCUT2D eigenvalue weighted by atomic mass is 32.1. The molecule has 1 aromatic heterocycles. The van der Waals surface area contributed by atoms with Crippen molar-refractivity contribution in [2.24, 2.45) is 0 Å². The first-order valence-corrected chi connectivity index (χ1v) is 2.49. The summed E-state index contributed by atoms with van der Waals surface area (Å²) in [7, 11) is 0. The number of anilines is 1. The van der Waals surface area contributed by atoms with Crippen molar-refractivity contribution in [1.29, 1.82) is 0 Å². The third-order valence-corrected chi connectivity index (χ3v) is 1.16. The van der Waals surface area contributed by atoms with Crippen LogP contribution in [-0.4, -0.2) is 14.4 Å². The van der Waals surface area contributed by atoms with Crippen molar-refractivity contribution in [1.82, 2.24) is 14.4 Å². The van der Waals surface area contributed by atoms with Crippen LogP contribution in [0.4, 0.5) is 5.82 Å². The summed E-state index contributed by atoms with van der Waals surface area (Å²) in [5.74, 6) is 0.494.